The fraction of sp³-hybridized carbons (Fsp3) is 0.391. The first-order valence-electron chi connectivity index (χ1n) is 10.6. The van der Waals surface area contributed by atoms with E-state index in [-0.39, 0.29) is 11.7 Å². The summed E-state index contributed by atoms with van der Waals surface area (Å²) in [5.41, 5.74) is 0.903. The van der Waals surface area contributed by atoms with Crippen molar-refractivity contribution in [2.45, 2.75) is 17.7 Å². The lowest BCUT2D eigenvalue weighted by atomic mass is 10.3. The van der Waals surface area contributed by atoms with Gasteiger partial charge in [-0.2, -0.15) is 0 Å². The standard InChI is InChI=1S/C23H25BrFN3O2S2/c24-17-2-7-20-21(16-17)32-23(26-20)28(10-1-9-27-11-13-30-14-12-27)22(29)8-15-31-19-5-3-18(25)4-6-19/h2-7,16H,1,8-15H2. The van der Waals surface area contributed by atoms with Crippen molar-refractivity contribution in [3.05, 3.63) is 52.8 Å². The lowest BCUT2D eigenvalue weighted by Crippen LogP contribution is -2.39. The van der Waals surface area contributed by atoms with Gasteiger partial charge in [0.1, 0.15) is 5.82 Å². The van der Waals surface area contributed by atoms with Crippen molar-refractivity contribution in [2.75, 3.05) is 50.0 Å². The van der Waals surface area contributed by atoms with Gasteiger partial charge in [-0.1, -0.05) is 27.3 Å². The van der Waals surface area contributed by atoms with Gasteiger partial charge in [-0.3, -0.25) is 14.6 Å². The monoisotopic (exact) mass is 537 g/mol. The van der Waals surface area contributed by atoms with Gasteiger partial charge in [0, 0.05) is 47.7 Å². The Labute approximate surface area is 204 Å². The first-order valence-corrected chi connectivity index (χ1v) is 13.2. The molecule has 32 heavy (non-hydrogen) atoms. The van der Waals surface area contributed by atoms with Gasteiger partial charge >= 0.3 is 0 Å². The van der Waals surface area contributed by atoms with Crippen LogP contribution in [0.25, 0.3) is 10.2 Å². The Balaban J connectivity index is 1.41. The van der Waals surface area contributed by atoms with Crippen LogP contribution in [0.2, 0.25) is 0 Å². The summed E-state index contributed by atoms with van der Waals surface area (Å²) in [7, 11) is 0. The lowest BCUT2D eigenvalue weighted by molar-refractivity contribution is -0.118. The quantitative estimate of drug-likeness (QED) is 0.340. The molecule has 2 heterocycles. The number of nitrogens with zero attached hydrogens (tertiary/aromatic N) is 3. The van der Waals surface area contributed by atoms with E-state index >= 15 is 0 Å². The largest absolute Gasteiger partial charge is 0.379 e. The van der Waals surface area contributed by atoms with Crippen LogP contribution in [-0.4, -0.2) is 60.9 Å². The number of thiazole rings is 1. The summed E-state index contributed by atoms with van der Waals surface area (Å²) in [6.07, 6.45) is 1.29. The topological polar surface area (TPSA) is 45.7 Å². The fourth-order valence-electron chi connectivity index (χ4n) is 3.53. The molecule has 1 saturated heterocycles. The number of thioether (sulfide) groups is 1. The average molecular weight is 539 g/mol. The van der Waals surface area contributed by atoms with Crippen LogP contribution in [0.4, 0.5) is 9.52 Å². The first-order chi connectivity index (χ1) is 15.6. The van der Waals surface area contributed by atoms with Crippen LogP contribution in [0.15, 0.2) is 51.8 Å². The molecule has 0 aliphatic carbocycles. The van der Waals surface area contributed by atoms with E-state index in [0.29, 0.717) is 18.7 Å². The SMILES string of the molecule is O=C(CCSc1ccc(F)cc1)N(CCCN1CCOCC1)c1nc2ccc(Br)cc2s1. The second kappa shape index (κ2) is 11.6. The minimum Gasteiger partial charge on any atom is -0.379 e. The van der Waals surface area contributed by atoms with Crippen LogP contribution in [-0.2, 0) is 9.53 Å². The first kappa shape index (κ1) is 23.6. The lowest BCUT2D eigenvalue weighted by Gasteiger charge is -2.27. The molecular weight excluding hydrogens is 513 g/mol. The summed E-state index contributed by atoms with van der Waals surface area (Å²) in [6.45, 7) is 5.01. The highest BCUT2D eigenvalue weighted by atomic mass is 79.9. The zero-order valence-corrected chi connectivity index (χ0v) is 20.9. The van der Waals surface area contributed by atoms with E-state index in [2.05, 4.69) is 20.8 Å². The molecule has 4 rings (SSSR count). The fourth-order valence-corrected chi connectivity index (χ4v) is 5.93. The number of carbonyl (C=O) groups excluding carboxylic acids is 1. The van der Waals surface area contributed by atoms with Gasteiger partial charge in [0.25, 0.3) is 0 Å². The van der Waals surface area contributed by atoms with Crippen molar-refractivity contribution in [3.63, 3.8) is 0 Å². The second-order valence-corrected chi connectivity index (χ2v) is 10.6. The zero-order valence-electron chi connectivity index (χ0n) is 17.6. The molecule has 0 bridgehead atoms. The maximum atomic E-state index is 13.2. The number of ether oxygens (including phenoxy) is 1. The summed E-state index contributed by atoms with van der Waals surface area (Å²) in [6, 6.07) is 12.4. The van der Waals surface area contributed by atoms with Crippen LogP contribution in [0.1, 0.15) is 12.8 Å². The molecule has 1 aromatic heterocycles. The molecule has 0 N–H and O–H groups in total. The van der Waals surface area contributed by atoms with Crippen molar-refractivity contribution in [2.24, 2.45) is 0 Å². The molecule has 0 atom stereocenters. The highest BCUT2D eigenvalue weighted by molar-refractivity contribution is 9.10. The molecule has 1 fully saturated rings. The molecule has 0 radical (unpaired) electrons. The van der Waals surface area contributed by atoms with Crippen molar-refractivity contribution < 1.29 is 13.9 Å². The number of fused-ring (bicyclic) bond motifs is 1. The summed E-state index contributed by atoms with van der Waals surface area (Å²) < 4.78 is 20.6. The molecule has 170 valence electrons. The Kier molecular flexibility index (Phi) is 8.54. The van der Waals surface area contributed by atoms with Gasteiger partial charge in [-0.25, -0.2) is 9.37 Å². The molecule has 0 unspecified atom stereocenters. The van der Waals surface area contributed by atoms with Crippen molar-refractivity contribution in [1.82, 2.24) is 9.88 Å². The van der Waals surface area contributed by atoms with E-state index in [4.69, 9.17) is 9.72 Å². The average Bonchev–Trinajstić information content (AvgIpc) is 3.21. The Morgan fingerprint density at radius 2 is 2.00 bits per heavy atom. The molecule has 1 aliphatic heterocycles. The number of anilines is 1. The van der Waals surface area contributed by atoms with E-state index in [9.17, 15) is 9.18 Å². The van der Waals surface area contributed by atoms with E-state index < -0.39 is 0 Å². The summed E-state index contributed by atoms with van der Waals surface area (Å²) in [4.78, 5) is 23.1. The predicted octanol–water partition coefficient (Wildman–Crippen LogP) is 5.44. The molecule has 2 aromatic carbocycles. The predicted molar refractivity (Wildman–Crippen MR) is 133 cm³/mol. The summed E-state index contributed by atoms with van der Waals surface area (Å²) >= 11 is 6.62. The number of hydrogen-bond acceptors (Lipinski definition) is 6. The van der Waals surface area contributed by atoms with Gasteiger partial charge in [-0.05, 0) is 48.9 Å². The molecule has 5 nitrogen and oxygen atoms in total. The summed E-state index contributed by atoms with van der Waals surface area (Å²) in [5, 5.41) is 0.747. The molecule has 3 aromatic rings. The number of benzene rings is 2. The zero-order chi connectivity index (χ0) is 22.3. The van der Waals surface area contributed by atoms with E-state index in [1.807, 2.05) is 23.1 Å². The Morgan fingerprint density at radius 3 is 2.78 bits per heavy atom. The van der Waals surface area contributed by atoms with Gasteiger partial charge in [0.15, 0.2) is 5.13 Å². The van der Waals surface area contributed by atoms with Crippen molar-refractivity contribution in [3.8, 4) is 0 Å². The number of hydrogen-bond donors (Lipinski definition) is 0. The molecular formula is C23H25BrFN3O2S2. The molecule has 0 spiro atoms. The smallest absolute Gasteiger partial charge is 0.229 e. The highest BCUT2D eigenvalue weighted by Gasteiger charge is 2.20. The number of morpholine rings is 1. The number of amides is 1. The Bertz CT molecular complexity index is 1040. The van der Waals surface area contributed by atoms with E-state index in [0.717, 1.165) is 64.0 Å². The maximum absolute atomic E-state index is 13.2. The minimum absolute atomic E-state index is 0.0692. The third kappa shape index (κ3) is 6.51. The van der Waals surface area contributed by atoms with Crippen LogP contribution < -0.4 is 4.90 Å². The number of aromatic nitrogens is 1. The van der Waals surface area contributed by atoms with Gasteiger partial charge in [0.05, 0.1) is 23.4 Å². The second-order valence-electron chi connectivity index (χ2n) is 7.51. The van der Waals surface area contributed by atoms with Crippen LogP contribution in [0, 0.1) is 5.82 Å². The summed E-state index contributed by atoms with van der Waals surface area (Å²) in [5.74, 6) is 0.458. The van der Waals surface area contributed by atoms with Crippen LogP contribution in [0.5, 0.6) is 0 Å². The third-order valence-corrected chi connectivity index (χ3v) is 7.78. The maximum Gasteiger partial charge on any atom is 0.229 e. The van der Waals surface area contributed by atoms with Crippen molar-refractivity contribution in [1.29, 1.82) is 0 Å². The van der Waals surface area contributed by atoms with E-state index in [1.165, 1.54) is 12.1 Å². The normalized spacial score (nSPS) is 14.7. The van der Waals surface area contributed by atoms with Gasteiger partial charge in [-0.15, -0.1) is 11.8 Å². The Morgan fingerprint density at radius 1 is 1.22 bits per heavy atom. The molecule has 0 saturated carbocycles. The minimum atomic E-state index is -0.251. The highest BCUT2D eigenvalue weighted by Crippen LogP contribution is 2.31. The molecule has 1 amide bonds. The number of carbonyl (C=O) groups is 1. The number of halogens is 2. The van der Waals surface area contributed by atoms with Crippen LogP contribution >= 0.6 is 39.0 Å². The van der Waals surface area contributed by atoms with E-state index in [1.54, 1.807) is 35.2 Å². The van der Waals surface area contributed by atoms with Crippen LogP contribution in [0.3, 0.4) is 0 Å². The van der Waals surface area contributed by atoms with Crippen molar-refractivity contribution >= 4 is 60.3 Å². The van der Waals surface area contributed by atoms with Gasteiger partial charge < -0.3 is 4.74 Å². The number of rotatable bonds is 9. The third-order valence-electron chi connectivity index (χ3n) is 5.23. The molecule has 1 aliphatic rings. The van der Waals surface area contributed by atoms with Gasteiger partial charge in [0.2, 0.25) is 5.91 Å². The Hall–Kier alpha value is -1.52. The molecule has 9 heteroatoms.